The maximum atomic E-state index is 12.3. The molecule has 56 heavy (non-hydrogen) atoms. The van der Waals surface area contributed by atoms with Gasteiger partial charge in [0.2, 0.25) is 11.8 Å². The lowest BCUT2D eigenvalue weighted by molar-refractivity contribution is 0.101. The first-order chi connectivity index (χ1) is 27.2. The molecule has 0 atom stereocenters. The summed E-state index contributed by atoms with van der Waals surface area (Å²) in [5, 5.41) is 7.71. The minimum atomic E-state index is -0.268. The maximum absolute atomic E-state index is 12.3. The van der Waals surface area contributed by atoms with Crippen LogP contribution in [0, 0.1) is 0 Å². The monoisotopic (exact) mass is 816 g/mol. The number of amides is 2. The summed E-state index contributed by atoms with van der Waals surface area (Å²) < 4.78 is 11.2. The van der Waals surface area contributed by atoms with Crippen LogP contribution >= 0.6 is 46.4 Å². The molecule has 0 aliphatic carbocycles. The van der Waals surface area contributed by atoms with Gasteiger partial charge in [-0.3, -0.25) is 9.59 Å². The van der Waals surface area contributed by atoms with E-state index in [0.29, 0.717) is 65.8 Å². The van der Waals surface area contributed by atoms with Gasteiger partial charge in [-0.15, -0.1) is 0 Å². The molecule has 2 heterocycles. The molecule has 0 bridgehead atoms. The van der Waals surface area contributed by atoms with Crippen LogP contribution in [-0.2, 0) is 0 Å². The highest BCUT2D eigenvalue weighted by Gasteiger charge is 2.14. The predicted octanol–water partition coefficient (Wildman–Crippen LogP) is 13.1. The number of benzene rings is 6. The van der Waals surface area contributed by atoms with Crippen molar-refractivity contribution in [3.8, 4) is 45.4 Å². The molecule has 0 spiro atoms. The first-order valence-corrected chi connectivity index (χ1v) is 18.5. The predicted molar refractivity (Wildman–Crippen MR) is 224 cm³/mol. The quantitative estimate of drug-likeness (QED) is 0.158. The van der Waals surface area contributed by atoms with Gasteiger partial charge in [0.15, 0.2) is 0 Å². The number of oxazole rings is 2. The maximum Gasteiger partial charge on any atom is 0.257 e. The summed E-state index contributed by atoms with van der Waals surface area (Å²) in [4.78, 5) is 33.7. The molecular weight excluding hydrogens is 790 g/mol. The summed E-state index contributed by atoms with van der Waals surface area (Å²) in [5.74, 6) is 0.422. The lowest BCUT2D eigenvalue weighted by atomic mass is 10.1. The van der Waals surface area contributed by atoms with E-state index < -0.39 is 0 Å². The highest BCUT2D eigenvalue weighted by atomic mass is 35.5. The van der Waals surface area contributed by atoms with Crippen LogP contribution in [0.5, 0.6) is 0 Å². The molecule has 0 aliphatic rings. The Kier molecular flexibility index (Phi) is 11.9. The second-order valence-electron chi connectivity index (χ2n) is 12.1. The second kappa shape index (κ2) is 17.5. The average molecular weight is 819 g/mol. The molecule has 8 rings (SSSR count). The van der Waals surface area contributed by atoms with Gasteiger partial charge in [0, 0.05) is 38.7 Å². The third kappa shape index (κ3) is 9.20. The number of nitrogens with zero attached hydrogens (tertiary/aromatic N) is 2. The van der Waals surface area contributed by atoms with E-state index in [9.17, 15) is 9.59 Å². The van der Waals surface area contributed by atoms with Crippen LogP contribution in [0.3, 0.4) is 0 Å². The van der Waals surface area contributed by atoms with Gasteiger partial charge < -0.3 is 19.5 Å². The number of hydrogen-bond donors (Lipinski definition) is 2. The van der Waals surface area contributed by atoms with Gasteiger partial charge in [-0.2, -0.15) is 0 Å². The lowest BCUT2D eigenvalue weighted by Crippen LogP contribution is -2.12. The molecule has 0 unspecified atom stereocenters. The van der Waals surface area contributed by atoms with Crippen molar-refractivity contribution in [1.29, 1.82) is 0 Å². The third-order valence-corrected chi connectivity index (χ3v) is 9.52. The summed E-state index contributed by atoms with van der Waals surface area (Å²) in [5.41, 5.74) is 6.77. The van der Waals surface area contributed by atoms with E-state index in [1.165, 1.54) is 0 Å². The highest BCUT2D eigenvalue weighted by Crippen LogP contribution is 2.31. The molecule has 2 N–H and O–H groups in total. The van der Waals surface area contributed by atoms with Gasteiger partial charge >= 0.3 is 0 Å². The van der Waals surface area contributed by atoms with Gasteiger partial charge in [-0.25, -0.2) is 9.97 Å². The number of anilines is 2. The molecule has 0 saturated carbocycles. The fourth-order valence-corrected chi connectivity index (χ4v) is 6.33. The summed E-state index contributed by atoms with van der Waals surface area (Å²) >= 11 is 24.4. The number of rotatable bonds is 8. The Balaban J connectivity index is 0.000000172. The van der Waals surface area contributed by atoms with Crippen LogP contribution in [0.1, 0.15) is 20.7 Å². The minimum absolute atomic E-state index is 0.266. The normalized spacial score (nSPS) is 10.6. The Morgan fingerprint density at radius 2 is 0.929 bits per heavy atom. The molecule has 8 aromatic rings. The zero-order valence-electron chi connectivity index (χ0n) is 29.1. The Bertz CT molecular complexity index is 2640. The fourth-order valence-electron chi connectivity index (χ4n) is 5.47. The SMILES string of the molecule is O=C(Nc1ccc(-c2nc(-c3cccc(Cl)c3)co2)cc1)c1ccccc1Cl.O=C(Nc1ccc(-c2nc(-c3ccccc3Cl)co2)cc1)c1ccccc1Cl. The van der Waals surface area contributed by atoms with Crippen molar-refractivity contribution < 1.29 is 18.4 Å². The van der Waals surface area contributed by atoms with Crippen LogP contribution in [0.4, 0.5) is 11.4 Å². The van der Waals surface area contributed by atoms with E-state index in [2.05, 4.69) is 20.6 Å². The number of carbonyl (C=O) groups excluding carboxylic acids is 2. The Morgan fingerprint density at radius 1 is 0.464 bits per heavy atom. The molecule has 12 heteroatoms. The fraction of sp³-hybridized carbons (Fsp3) is 0. The van der Waals surface area contributed by atoms with Gasteiger partial charge in [0.25, 0.3) is 11.8 Å². The van der Waals surface area contributed by atoms with E-state index in [4.69, 9.17) is 55.2 Å². The molecular formula is C44H28Cl4N4O4. The van der Waals surface area contributed by atoms with Crippen molar-refractivity contribution in [2.75, 3.05) is 10.6 Å². The Labute approximate surface area is 341 Å². The van der Waals surface area contributed by atoms with E-state index in [1.807, 2.05) is 72.8 Å². The van der Waals surface area contributed by atoms with E-state index in [-0.39, 0.29) is 11.8 Å². The smallest absolute Gasteiger partial charge is 0.257 e. The standard InChI is InChI=1S/2C22H14Cl2N2O2/c23-18-7-3-1-5-16(18)20-13-28-22(26-20)14-9-11-15(12-10-14)25-21(27)17-6-2-4-8-19(17)24;23-16-5-3-4-15(12-16)20-13-28-22(26-20)14-8-10-17(11-9-14)25-21(27)18-6-1-2-7-19(18)24/h2*1-13H,(H,25,27). The molecule has 0 radical (unpaired) electrons. The number of nitrogens with one attached hydrogen (secondary N) is 2. The van der Waals surface area contributed by atoms with E-state index in [1.54, 1.807) is 85.3 Å². The zero-order chi connectivity index (χ0) is 39.0. The molecule has 2 aromatic heterocycles. The summed E-state index contributed by atoms with van der Waals surface area (Å²) in [6.07, 6.45) is 3.16. The van der Waals surface area contributed by atoms with Crippen LogP contribution in [0.15, 0.2) is 167 Å². The van der Waals surface area contributed by atoms with Gasteiger partial charge in [-0.1, -0.05) is 101 Å². The second-order valence-corrected chi connectivity index (χ2v) is 13.7. The van der Waals surface area contributed by atoms with Crippen LogP contribution < -0.4 is 10.6 Å². The van der Waals surface area contributed by atoms with E-state index in [0.717, 1.165) is 22.3 Å². The lowest BCUT2D eigenvalue weighted by Gasteiger charge is -2.07. The van der Waals surface area contributed by atoms with E-state index >= 15 is 0 Å². The average Bonchev–Trinajstić information content (AvgIpc) is 3.91. The van der Waals surface area contributed by atoms with Crippen molar-refractivity contribution in [2.45, 2.75) is 0 Å². The molecule has 0 saturated heterocycles. The van der Waals surface area contributed by atoms with Crippen molar-refractivity contribution >= 4 is 69.6 Å². The first-order valence-electron chi connectivity index (χ1n) is 17.0. The zero-order valence-corrected chi connectivity index (χ0v) is 32.1. The first kappa shape index (κ1) is 38.1. The van der Waals surface area contributed by atoms with Gasteiger partial charge in [-0.05, 0) is 91.0 Å². The summed E-state index contributed by atoms with van der Waals surface area (Å²) in [6.45, 7) is 0. The molecule has 8 nitrogen and oxygen atoms in total. The van der Waals surface area contributed by atoms with Crippen molar-refractivity contribution in [2.24, 2.45) is 0 Å². The Morgan fingerprint density at radius 3 is 1.43 bits per heavy atom. The van der Waals surface area contributed by atoms with Crippen molar-refractivity contribution in [1.82, 2.24) is 9.97 Å². The number of hydrogen-bond acceptors (Lipinski definition) is 6. The molecule has 276 valence electrons. The minimum Gasteiger partial charge on any atom is -0.444 e. The number of aromatic nitrogens is 2. The molecule has 0 fully saturated rings. The highest BCUT2D eigenvalue weighted by molar-refractivity contribution is 6.35. The Hall–Kier alpha value is -6.16. The van der Waals surface area contributed by atoms with Crippen LogP contribution in [0.25, 0.3) is 45.4 Å². The van der Waals surface area contributed by atoms with Gasteiger partial charge in [0.1, 0.15) is 23.9 Å². The molecule has 6 aromatic carbocycles. The largest absolute Gasteiger partial charge is 0.444 e. The van der Waals surface area contributed by atoms with Crippen LogP contribution in [-0.4, -0.2) is 21.8 Å². The number of carbonyl (C=O) groups is 2. The number of halogens is 4. The summed E-state index contributed by atoms with van der Waals surface area (Å²) in [6, 6.07) is 43.1. The van der Waals surface area contributed by atoms with Gasteiger partial charge in [0.05, 0.1) is 26.2 Å². The summed E-state index contributed by atoms with van der Waals surface area (Å²) in [7, 11) is 0. The van der Waals surface area contributed by atoms with Crippen molar-refractivity contribution in [3.63, 3.8) is 0 Å². The third-order valence-electron chi connectivity index (χ3n) is 8.29. The topological polar surface area (TPSA) is 110 Å². The molecule has 2 amide bonds. The molecule has 0 aliphatic heterocycles. The van der Waals surface area contributed by atoms with Crippen LogP contribution in [0.2, 0.25) is 20.1 Å². The van der Waals surface area contributed by atoms with Crippen molar-refractivity contribution in [3.05, 3.63) is 189 Å².